The lowest BCUT2D eigenvalue weighted by Crippen LogP contribution is -2.41. The molecule has 4 aromatic rings. The Hall–Kier alpha value is -5.08. The van der Waals surface area contributed by atoms with Crippen LogP contribution >= 0.6 is 22.9 Å². The number of aromatic nitrogens is 2. The Labute approximate surface area is 321 Å². The third-order valence-corrected chi connectivity index (χ3v) is 9.98. The van der Waals surface area contributed by atoms with E-state index in [1.54, 1.807) is 52.4 Å². The Bertz CT molecular complexity index is 2060. The Kier molecular flexibility index (Phi) is 11.8. The fourth-order valence-electron chi connectivity index (χ4n) is 6.23. The van der Waals surface area contributed by atoms with Crippen molar-refractivity contribution in [3.05, 3.63) is 110 Å². The van der Waals surface area contributed by atoms with Crippen molar-refractivity contribution in [2.45, 2.75) is 58.8 Å². The summed E-state index contributed by atoms with van der Waals surface area (Å²) in [7, 11) is 1.60. The maximum atomic E-state index is 14.8. The summed E-state index contributed by atoms with van der Waals surface area (Å²) < 4.78 is 51.6. The van der Waals surface area contributed by atoms with Crippen LogP contribution < -0.4 is 19.7 Å². The number of benzene rings is 2. The Morgan fingerprint density at radius 1 is 1.06 bits per heavy atom. The molecule has 54 heavy (non-hydrogen) atoms. The third-order valence-electron chi connectivity index (χ3n) is 8.82. The number of halogens is 3. The average molecular weight is 780 g/mol. The molecule has 0 aliphatic carbocycles. The predicted molar refractivity (Wildman–Crippen MR) is 201 cm³/mol. The van der Waals surface area contributed by atoms with Crippen molar-refractivity contribution in [1.82, 2.24) is 15.3 Å². The second-order valence-electron chi connectivity index (χ2n) is 13.6. The normalized spacial score (nSPS) is 16.4. The first-order valence-corrected chi connectivity index (χ1v) is 18.7. The Morgan fingerprint density at radius 3 is 2.44 bits per heavy atom. The summed E-state index contributed by atoms with van der Waals surface area (Å²) in [5.41, 5.74) is 1.19. The van der Waals surface area contributed by atoms with Crippen molar-refractivity contribution >= 4 is 46.5 Å². The highest BCUT2D eigenvalue weighted by Crippen LogP contribution is 2.41. The van der Waals surface area contributed by atoms with E-state index in [-0.39, 0.29) is 35.8 Å². The molecule has 1 unspecified atom stereocenters. The van der Waals surface area contributed by atoms with Gasteiger partial charge >= 0.3 is 11.9 Å². The number of amidine groups is 1. The van der Waals surface area contributed by atoms with Crippen molar-refractivity contribution in [2.75, 3.05) is 31.7 Å². The minimum absolute atomic E-state index is 0.0865. The van der Waals surface area contributed by atoms with Gasteiger partial charge in [-0.05, 0) is 64.3 Å². The number of carbonyl (C=O) groups is 2. The SMILES string of the molecule is CCOC(=O)C1=C(C2CCN(c3cc(OCc4ccc(OC)cc4)c(C(=O)OC(C)(C)C)cn3)CC2)NC(c2nccs2)=NC1c1ccc(F)c(F)c1Cl. The molecule has 0 amide bonds. The van der Waals surface area contributed by atoms with E-state index in [1.165, 1.54) is 23.6 Å². The number of esters is 2. The summed E-state index contributed by atoms with van der Waals surface area (Å²) in [6.07, 6.45) is 4.22. The maximum absolute atomic E-state index is 14.8. The van der Waals surface area contributed by atoms with Gasteiger partial charge in [0.2, 0.25) is 0 Å². The number of ether oxygens (including phenoxy) is 4. The van der Waals surface area contributed by atoms with E-state index in [2.05, 4.69) is 20.2 Å². The number of anilines is 1. The van der Waals surface area contributed by atoms with Crippen LogP contribution in [-0.2, 0) is 20.9 Å². The molecule has 2 aliphatic rings. The minimum Gasteiger partial charge on any atom is -0.497 e. The van der Waals surface area contributed by atoms with Crippen molar-refractivity contribution in [1.29, 1.82) is 0 Å². The van der Waals surface area contributed by atoms with Crippen LogP contribution in [0, 0.1) is 17.6 Å². The number of pyridine rings is 1. The number of hydrogen-bond acceptors (Lipinski definition) is 12. The molecule has 0 radical (unpaired) electrons. The molecule has 2 aromatic carbocycles. The van der Waals surface area contributed by atoms with E-state index in [0.29, 0.717) is 59.8 Å². The molecule has 1 saturated heterocycles. The monoisotopic (exact) mass is 779 g/mol. The van der Waals surface area contributed by atoms with Gasteiger partial charge in [-0.25, -0.2) is 28.3 Å². The van der Waals surface area contributed by atoms with Crippen LogP contribution in [0.25, 0.3) is 0 Å². The second-order valence-corrected chi connectivity index (χ2v) is 14.9. The van der Waals surface area contributed by atoms with Crippen LogP contribution in [0.4, 0.5) is 14.6 Å². The van der Waals surface area contributed by atoms with Gasteiger partial charge in [0.15, 0.2) is 22.5 Å². The van der Waals surface area contributed by atoms with Gasteiger partial charge in [0, 0.05) is 54.1 Å². The number of nitrogens with one attached hydrogen (secondary N) is 1. The lowest BCUT2D eigenvalue weighted by atomic mass is 9.85. The van der Waals surface area contributed by atoms with E-state index < -0.39 is 40.2 Å². The van der Waals surface area contributed by atoms with Gasteiger partial charge in [0.05, 0.1) is 24.3 Å². The summed E-state index contributed by atoms with van der Waals surface area (Å²) in [5.74, 6) is -1.74. The van der Waals surface area contributed by atoms with Crippen molar-refractivity contribution in [2.24, 2.45) is 10.9 Å². The zero-order valence-electron chi connectivity index (χ0n) is 30.5. The number of nitrogens with zero attached hydrogens (tertiary/aromatic N) is 4. The first-order valence-electron chi connectivity index (χ1n) is 17.4. The van der Waals surface area contributed by atoms with Crippen LogP contribution in [0.3, 0.4) is 0 Å². The summed E-state index contributed by atoms with van der Waals surface area (Å²) in [5, 5.41) is 5.23. The molecule has 0 saturated carbocycles. The average Bonchev–Trinajstić information content (AvgIpc) is 3.71. The predicted octanol–water partition coefficient (Wildman–Crippen LogP) is 7.84. The Morgan fingerprint density at radius 2 is 1.80 bits per heavy atom. The van der Waals surface area contributed by atoms with Crippen LogP contribution in [0.1, 0.15) is 73.1 Å². The van der Waals surface area contributed by atoms with E-state index in [1.807, 2.05) is 24.3 Å². The number of aliphatic imine (C=N–C) groups is 1. The minimum atomic E-state index is -1.23. The molecule has 2 aromatic heterocycles. The standard InChI is InChI=1S/C39H40ClF2N5O6S/c1-6-51-38(49)30-33(45-35(36-43-15-18-54-36)46-34(30)25-11-12-27(41)32(42)31(25)40)23-13-16-47(17-14-23)29-19-28(26(20-44-29)37(48)53-39(2,3)4)52-21-22-7-9-24(50-5)10-8-22/h7-12,15,18-20,23,34H,6,13-14,16-17,21H2,1-5H3,(H,45,46). The quantitative estimate of drug-likeness (QED) is 0.119. The highest BCUT2D eigenvalue weighted by atomic mass is 35.5. The molecule has 0 bridgehead atoms. The zero-order valence-corrected chi connectivity index (χ0v) is 32.0. The number of thiazole rings is 1. The van der Waals surface area contributed by atoms with Crippen molar-refractivity contribution in [3.63, 3.8) is 0 Å². The first-order chi connectivity index (χ1) is 25.9. The van der Waals surface area contributed by atoms with Gasteiger partial charge in [-0.1, -0.05) is 29.8 Å². The number of carbonyl (C=O) groups excluding carboxylic acids is 2. The molecule has 6 rings (SSSR count). The highest BCUT2D eigenvalue weighted by molar-refractivity contribution is 7.11. The summed E-state index contributed by atoms with van der Waals surface area (Å²) >= 11 is 7.70. The van der Waals surface area contributed by atoms with E-state index in [0.717, 1.165) is 11.6 Å². The van der Waals surface area contributed by atoms with E-state index in [9.17, 15) is 18.4 Å². The lowest BCUT2D eigenvalue weighted by Gasteiger charge is -2.37. The molecular formula is C39H40ClF2N5O6S. The van der Waals surface area contributed by atoms with Crippen LogP contribution in [0.15, 0.2) is 76.5 Å². The highest BCUT2D eigenvalue weighted by Gasteiger charge is 2.38. The van der Waals surface area contributed by atoms with Crippen LogP contribution in [0.2, 0.25) is 5.02 Å². The third kappa shape index (κ3) is 8.65. The second kappa shape index (κ2) is 16.5. The van der Waals surface area contributed by atoms with Gasteiger partial charge < -0.3 is 29.2 Å². The molecule has 284 valence electrons. The fraction of sp³-hybridized carbons (Fsp3) is 0.359. The molecule has 1 N–H and O–H groups in total. The van der Waals surface area contributed by atoms with Gasteiger partial charge in [-0.2, -0.15) is 0 Å². The summed E-state index contributed by atoms with van der Waals surface area (Å²) in [6.45, 7) is 8.37. The van der Waals surface area contributed by atoms with Gasteiger partial charge in [-0.15, -0.1) is 11.3 Å². The topological polar surface area (TPSA) is 124 Å². The van der Waals surface area contributed by atoms with Crippen molar-refractivity contribution < 1.29 is 37.3 Å². The van der Waals surface area contributed by atoms with Gasteiger partial charge in [-0.3, -0.25) is 4.99 Å². The van der Waals surface area contributed by atoms with E-state index >= 15 is 0 Å². The largest absolute Gasteiger partial charge is 0.497 e. The molecule has 4 heterocycles. The Balaban J connectivity index is 1.30. The molecular weight excluding hydrogens is 740 g/mol. The number of rotatable bonds is 11. The maximum Gasteiger partial charge on any atom is 0.344 e. The number of methoxy groups -OCH3 is 1. The van der Waals surface area contributed by atoms with Gasteiger partial charge in [0.25, 0.3) is 0 Å². The number of hydrogen-bond donors (Lipinski definition) is 1. The zero-order chi connectivity index (χ0) is 38.6. The number of allylic oxidation sites excluding steroid dienone is 1. The number of piperidine rings is 1. The lowest BCUT2D eigenvalue weighted by molar-refractivity contribution is -0.139. The van der Waals surface area contributed by atoms with Gasteiger partial charge in [0.1, 0.15) is 41.1 Å². The molecule has 2 aliphatic heterocycles. The molecule has 1 atom stereocenters. The summed E-state index contributed by atoms with van der Waals surface area (Å²) in [4.78, 5) is 42.8. The first kappa shape index (κ1) is 38.6. The van der Waals surface area contributed by atoms with Crippen LogP contribution in [-0.4, -0.2) is 60.1 Å². The van der Waals surface area contributed by atoms with Crippen LogP contribution in [0.5, 0.6) is 11.5 Å². The fourth-order valence-corrected chi connectivity index (χ4v) is 7.08. The molecule has 0 spiro atoms. The molecule has 15 heteroatoms. The summed E-state index contributed by atoms with van der Waals surface area (Å²) in [6, 6.07) is 10.4. The van der Waals surface area contributed by atoms with Crippen molar-refractivity contribution in [3.8, 4) is 11.5 Å². The smallest absolute Gasteiger partial charge is 0.344 e. The van der Waals surface area contributed by atoms with E-state index in [4.69, 9.17) is 35.5 Å². The molecule has 1 fully saturated rings. The molecule has 11 nitrogen and oxygen atoms in total.